The molecule has 0 amide bonds. The quantitative estimate of drug-likeness (QED) is 0.680. The molecule has 1 aliphatic heterocycles. The molecule has 3 rings (SSSR count). The lowest BCUT2D eigenvalue weighted by molar-refractivity contribution is -0.142. The van der Waals surface area contributed by atoms with Gasteiger partial charge in [0.15, 0.2) is 0 Å². The first-order chi connectivity index (χ1) is 13.0. The molecule has 0 aromatic carbocycles. The first-order valence-corrected chi connectivity index (χ1v) is 10.5. The van der Waals surface area contributed by atoms with Crippen LogP contribution in [-0.4, -0.2) is 63.4 Å². The van der Waals surface area contributed by atoms with E-state index in [1.807, 2.05) is 0 Å². The molecule has 0 unspecified atom stereocenters. The molecule has 1 N–H and O–H groups in total. The normalized spacial score (nSPS) is 42.9. The van der Waals surface area contributed by atoms with E-state index in [4.69, 9.17) is 18.9 Å². The fourth-order valence-electron chi connectivity index (χ4n) is 5.49. The Morgan fingerprint density at radius 1 is 0.889 bits per heavy atom. The summed E-state index contributed by atoms with van der Waals surface area (Å²) in [5.41, 5.74) is 0. The van der Waals surface area contributed by atoms with Gasteiger partial charge in [-0.15, -0.1) is 0 Å². The minimum absolute atomic E-state index is 0.0103. The minimum atomic E-state index is -0.375. The maximum Gasteiger partial charge on any atom is 0.309 e. The Labute approximate surface area is 162 Å². The summed E-state index contributed by atoms with van der Waals surface area (Å²) in [6.45, 7) is 0.550. The number of hydrogen-bond acceptors (Lipinski definition) is 6. The topological polar surface area (TPSA) is 74.2 Å². The molecule has 1 saturated heterocycles. The van der Waals surface area contributed by atoms with E-state index in [-0.39, 0.29) is 36.3 Å². The Balaban J connectivity index is 1.55. The fraction of sp³-hybridized carbons (Fsp3) is 0.952. The van der Waals surface area contributed by atoms with Crippen molar-refractivity contribution < 1.29 is 28.8 Å². The number of rotatable bonds is 7. The van der Waals surface area contributed by atoms with Gasteiger partial charge in [-0.2, -0.15) is 0 Å². The van der Waals surface area contributed by atoms with Crippen molar-refractivity contribution in [2.75, 3.05) is 27.9 Å². The second-order valence-corrected chi connectivity index (χ2v) is 8.72. The third kappa shape index (κ3) is 5.03. The molecule has 1 heterocycles. The molecule has 6 heteroatoms. The lowest BCUT2D eigenvalue weighted by atomic mass is 9.73. The highest BCUT2D eigenvalue weighted by Gasteiger charge is 2.42. The summed E-state index contributed by atoms with van der Waals surface area (Å²) in [6.07, 6.45) is 7.41. The van der Waals surface area contributed by atoms with Crippen molar-refractivity contribution in [1.82, 2.24) is 0 Å². The highest BCUT2D eigenvalue weighted by atomic mass is 16.5. The van der Waals surface area contributed by atoms with Crippen LogP contribution in [-0.2, 0) is 23.7 Å². The molecule has 156 valence electrons. The largest absolute Gasteiger partial charge is 0.465 e. The fourth-order valence-corrected chi connectivity index (χ4v) is 5.49. The number of carbonyl (C=O) groups excluding carboxylic acids is 1. The molecule has 6 nitrogen and oxygen atoms in total. The molecular weight excluding hydrogens is 348 g/mol. The van der Waals surface area contributed by atoms with E-state index in [0.29, 0.717) is 24.4 Å². The van der Waals surface area contributed by atoms with Crippen LogP contribution in [0.1, 0.15) is 51.4 Å². The zero-order valence-corrected chi connectivity index (χ0v) is 17.0. The molecule has 0 aromatic heterocycles. The number of carbonyl (C=O) groups is 1. The summed E-state index contributed by atoms with van der Waals surface area (Å²) in [5, 5.41) is 10.0. The van der Waals surface area contributed by atoms with Gasteiger partial charge in [-0.3, -0.25) is 4.79 Å². The van der Waals surface area contributed by atoms with Crippen molar-refractivity contribution in [3.05, 3.63) is 0 Å². The Hall–Kier alpha value is -0.690. The van der Waals surface area contributed by atoms with Crippen LogP contribution in [0.2, 0.25) is 0 Å². The van der Waals surface area contributed by atoms with E-state index in [2.05, 4.69) is 0 Å². The Morgan fingerprint density at radius 2 is 1.52 bits per heavy atom. The van der Waals surface area contributed by atoms with Gasteiger partial charge in [-0.05, 0) is 63.2 Å². The number of aliphatic hydroxyl groups excluding tert-OH is 1. The molecule has 3 fully saturated rings. The van der Waals surface area contributed by atoms with Crippen molar-refractivity contribution in [2.45, 2.75) is 75.8 Å². The summed E-state index contributed by atoms with van der Waals surface area (Å²) in [5.74, 6) is 1.24. The van der Waals surface area contributed by atoms with E-state index in [0.717, 1.165) is 51.4 Å². The van der Waals surface area contributed by atoms with Gasteiger partial charge in [-0.1, -0.05) is 0 Å². The van der Waals surface area contributed by atoms with Crippen molar-refractivity contribution >= 4 is 5.97 Å². The van der Waals surface area contributed by atoms with Crippen LogP contribution in [0, 0.1) is 23.7 Å². The number of esters is 1. The zero-order chi connectivity index (χ0) is 19.4. The van der Waals surface area contributed by atoms with Crippen LogP contribution in [0.4, 0.5) is 0 Å². The second-order valence-electron chi connectivity index (χ2n) is 8.72. The summed E-state index contributed by atoms with van der Waals surface area (Å²) in [4.78, 5) is 12.4. The predicted octanol–water partition coefficient (Wildman–Crippen LogP) is 2.56. The number of hydrogen-bond donors (Lipinski definition) is 1. The van der Waals surface area contributed by atoms with Crippen molar-refractivity contribution in [3.63, 3.8) is 0 Å². The summed E-state index contributed by atoms with van der Waals surface area (Å²) >= 11 is 0. The molecule has 2 saturated carbocycles. The monoisotopic (exact) mass is 384 g/mol. The van der Waals surface area contributed by atoms with Gasteiger partial charge in [0.2, 0.25) is 0 Å². The van der Waals surface area contributed by atoms with E-state index < -0.39 is 0 Å². The number of aliphatic hydroxyl groups is 1. The third-order valence-electron chi connectivity index (χ3n) is 7.15. The molecule has 0 spiro atoms. The molecular formula is C21H36O6. The van der Waals surface area contributed by atoms with Gasteiger partial charge in [0.1, 0.15) is 0 Å². The van der Waals surface area contributed by atoms with Crippen LogP contribution in [0.5, 0.6) is 0 Å². The predicted molar refractivity (Wildman–Crippen MR) is 100 cm³/mol. The van der Waals surface area contributed by atoms with E-state index in [9.17, 15) is 9.90 Å². The highest BCUT2D eigenvalue weighted by molar-refractivity contribution is 5.74. The molecule has 8 atom stereocenters. The average molecular weight is 385 g/mol. The van der Waals surface area contributed by atoms with Crippen LogP contribution < -0.4 is 0 Å². The first-order valence-electron chi connectivity index (χ1n) is 10.5. The highest BCUT2D eigenvalue weighted by Crippen LogP contribution is 2.40. The molecule has 2 aliphatic carbocycles. The number of cyclic esters (lactones) is 1. The third-order valence-corrected chi connectivity index (χ3v) is 7.15. The van der Waals surface area contributed by atoms with E-state index in [1.54, 1.807) is 21.3 Å². The first kappa shape index (κ1) is 21.0. The Kier molecular flexibility index (Phi) is 7.54. The minimum Gasteiger partial charge on any atom is -0.465 e. The van der Waals surface area contributed by atoms with Crippen molar-refractivity contribution in [2.24, 2.45) is 23.7 Å². The molecule has 0 aromatic rings. The van der Waals surface area contributed by atoms with Gasteiger partial charge >= 0.3 is 5.97 Å². The van der Waals surface area contributed by atoms with Crippen molar-refractivity contribution in [1.29, 1.82) is 0 Å². The molecule has 3 aliphatic rings. The SMILES string of the molecule is CO[C@H]1CC[C@H](C[C@@H]2COC(=O)[C@H]2C[C@H]2CC[C@H](O)[C@H](OC)C2)C[C@H]1OC. The maximum absolute atomic E-state index is 12.4. The average Bonchev–Trinajstić information content (AvgIpc) is 3.02. The Morgan fingerprint density at radius 3 is 2.22 bits per heavy atom. The van der Waals surface area contributed by atoms with Gasteiger partial charge in [0.25, 0.3) is 0 Å². The molecule has 27 heavy (non-hydrogen) atoms. The maximum atomic E-state index is 12.4. The van der Waals surface area contributed by atoms with Gasteiger partial charge < -0.3 is 24.1 Å². The van der Waals surface area contributed by atoms with E-state index in [1.165, 1.54) is 0 Å². The van der Waals surface area contributed by atoms with Crippen LogP contribution in [0.3, 0.4) is 0 Å². The second kappa shape index (κ2) is 9.68. The van der Waals surface area contributed by atoms with Gasteiger partial charge in [-0.25, -0.2) is 0 Å². The van der Waals surface area contributed by atoms with Crippen LogP contribution in [0.15, 0.2) is 0 Å². The number of methoxy groups -OCH3 is 3. The zero-order valence-electron chi connectivity index (χ0n) is 17.0. The smallest absolute Gasteiger partial charge is 0.309 e. The standard InChI is InChI=1S/C21H36O6/c1-24-18-7-5-13(11-20(18)26-3)8-15-12-27-21(23)16(15)9-14-4-6-17(22)19(10-14)25-2/h13-20,22H,4-12H2,1-3H3/t13-,14-,15-,16+,17+,18+,19-,20-/m1/s1. The summed E-state index contributed by atoms with van der Waals surface area (Å²) in [6, 6.07) is 0. The Bertz CT molecular complexity index is 483. The molecule has 0 bridgehead atoms. The number of ether oxygens (including phenoxy) is 4. The summed E-state index contributed by atoms with van der Waals surface area (Å²) in [7, 11) is 5.17. The van der Waals surface area contributed by atoms with Gasteiger partial charge in [0.05, 0.1) is 36.9 Å². The lowest BCUT2D eigenvalue weighted by Crippen LogP contribution is -2.38. The van der Waals surface area contributed by atoms with Crippen LogP contribution >= 0.6 is 0 Å². The summed E-state index contributed by atoms with van der Waals surface area (Å²) < 4.78 is 22.1. The van der Waals surface area contributed by atoms with Gasteiger partial charge in [0, 0.05) is 27.2 Å². The lowest BCUT2D eigenvalue weighted by Gasteiger charge is -2.36. The van der Waals surface area contributed by atoms with Crippen LogP contribution in [0.25, 0.3) is 0 Å². The molecule has 0 radical (unpaired) electrons. The van der Waals surface area contributed by atoms with E-state index >= 15 is 0 Å². The van der Waals surface area contributed by atoms with Crippen molar-refractivity contribution in [3.8, 4) is 0 Å².